The summed E-state index contributed by atoms with van der Waals surface area (Å²) in [6.45, 7) is 5.93. The zero-order valence-corrected chi connectivity index (χ0v) is 24.6. The minimum absolute atomic E-state index is 0.0730. The van der Waals surface area contributed by atoms with E-state index in [9.17, 15) is 14.4 Å². The zero-order chi connectivity index (χ0) is 30.2. The number of methoxy groups -OCH3 is 1. The largest absolute Gasteiger partial charge is 0.497 e. The predicted octanol–water partition coefficient (Wildman–Crippen LogP) is 3.71. The lowest BCUT2D eigenvalue weighted by atomic mass is 10.1. The lowest BCUT2D eigenvalue weighted by molar-refractivity contribution is -0.142. The van der Waals surface area contributed by atoms with Gasteiger partial charge in [0, 0.05) is 55.9 Å². The van der Waals surface area contributed by atoms with Crippen molar-refractivity contribution in [3.8, 4) is 5.75 Å². The van der Waals surface area contributed by atoms with Crippen LogP contribution in [0.5, 0.6) is 5.75 Å². The first-order chi connectivity index (χ1) is 21.0. The number of rotatable bonds is 11. The van der Waals surface area contributed by atoms with E-state index in [1.54, 1.807) is 43.2 Å². The van der Waals surface area contributed by atoms with Crippen LogP contribution < -0.4 is 20.1 Å². The van der Waals surface area contributed by atoms with Gasteiger partial charge in [0.15, 0.2) is 0 Å². The first-order valence-electron chi connectivity index (χ1n) is 14.6. The third-order valence-electron chi connectivity index (χ3n) is 7.66. The van der Waals surface area contributed by atoms with E-state index >= 15 is 0 Å². The Balaban J connectivity index is 1.30. The number of anilines is 2. The van der Waals surface area contributed by atoms with Gasteiger partial charge in [0.2, 0.25) is 5.91 Å². The standard InChI is InChI=1S/C33H37N5O5/c1-3-43-32(40)23-30-28-11-7-8-12-29(28)33(41)38(34-30)24-37(26-9-5-4-6-10-26)31(39)17-18-35-19-21-36(22-20-35)25-13-15-27(42-2)16-14-25/h4-16H,3,17-24H2,1-2H3. The van der Waals surface area contributed by atoms with Crippen LogP contribution in [0.3, 0.4) is 0 Å². The maximum absolute atomic E-state index is 13.7. The summed E-state index contributed by atoms with van der Waals surface area (Å²) in [5.74, 6) is 0.297. The molecule has 1 saturated heterocycles. The Kier molecular flexibility index (Phi) is 9.68. The molecule has 1 aliphatic heterocycles. The van der Waals surface area contributed by atoms with E-state index in [-0.39, 0.29) is 37.6 Å². The van der Waals surface area contributed by atoms with Gasteiger partial charge in [-0.1, -0.05) is 36.4 Å². The van der Waals surface area contributed by atoms with Crippen LogP contribution in [0.25, 0.3) is 10.8 Å². The minimum atomic E-state index is -0.423. The number of ether oxygens (including phenoxy) is 2. The van der Waals surface area contributed by atoms with Crippen molar-refractivity contribution in [3.63, 3.8) is 0 Å². The van der Waals surface area contributed by atoms with Crippen LogP contribution in [0.2, 0.25) is 0 Å². The van der Waals surface area contributed by atoms with Crippen molar-refractivity contribution in [1.29, 1.82) is 0 Å². The van der Waals surface area contributed by atoms with E-state index < -0.39 is 5.97 Å². The molecule has 0 bridgehead atoms. The van der Waals surface area contributed by atoms with Gasteiger partial charge in [0.1, 0.15) is 12.4 Å². The molecule has 1 aliphatic rings. The summed E-state index contributed by atoms with van der Waals surface area (Å²) in [6.07, 6.45) is 0.214. The number of nitrogens with zero attached hydrogens (tertiary/aromatic N) is 5. The lowest BCUT2D eigenvalue weighted by Gasteiger charge is -2.36. The van der Waals surface area contributed by atoms with Crippen LogP contribution in [0.1, 0.15) is 19.0 Å². The minimum Gasteiger partial charge on any atom is -0.497 e. The lowest BCUT2D eigenvalue weighted by Crippen LogP contribution is -2.47. The molecule has 5 rings (SSSR count). The second kappa shape index (κ2) is 14.0. The number of benzene rings is 3. The molecule has 0 unspecified atom stereocenters. The van der Waals surface area contributed by atoms with Gasteiger partial charge in [0.05, 0.1) is 31.2 Å². The van der Waals surface area contributed by atoms with Crippen molar-refractivity contribution in [2.45, 2.75) is 26.4 Å². The fourth-order valence-corrected chi connectivity index (χ4v) is 5.34. The molecule has 0 aliphatic carbocycles. The third-order valence-corrected chi connectivity index (χ3v) is 7.66. The molecule has 1 aromatic heterocycles. The van der Waals surface area contributed by atoms with Crippen LogP contribution >= 0.6 is 0 Å². The molecule has 3 aromatic carbocycles. The second-order valence-electron chi connectivity index (χ2n) is 10.4. The highest BCUT2D eigenvalue weighted by molar-refractivity contribution is 5.93. The SMILES string of the molecule is CCOC(=O)Cc1nn(CN(C(=O)CCN2CCN(c3ccc(OC)cc3)CC2)c2ccccc2)c(=O)c2ccccc12. The van der Waals surface area contributed by atoms with Gasteiger partial charge < -0.3 is 14.4 Å². The van der Waals surface area contributed by atoms with Crippen LogP contribution in [0.15, 0.2) is 83.7 Å². The Morgan fingerprint density at radius 3 is 2.23 bits per heavy atom. The summed E-state index contributed by atoms with van der Waals surface area (Å²) in [6, 6.07) is 24.4. The molecule has 0 saturated carbocycles. The number of para-hydroxylation sites is 1. The van der Waals surface area contributed by atoms with Crippen molar-refractivity contribution in [1.82, 2.24) is 14.7 Å². The highest BCUT2D eigenvalue weighted by Crippen LogP contribution is 2.21. The van der Waals surface area contributed by atoms with Gasteiger partial charge in [-0.15, -0.1) is 0 Å². The monoisotopic (exact) mass is 583 g/mol. The molecule has 10 heteroatoms. The molecule has 224 valence electrons. The number of carbonyl (C=O) groups excluding carboxylic acids is 2. The summed E-state index contributed by atoms with van der Waals surface area (Å²) in [5, 5.41) is 5.59. The normalized spacial score (nSPS) is 13.6. The number of esters is 1. The first-order valence-corrected chi connectivity index (χ1v) is 14.6. The number of hydrogen-bond donors (Lipinski definition) is 0. The molecule has 0 atom stereocenters. The summed E-state index contributed by atoms with van der Waals surface area (Å²) in [4.78, 5) is 45.8. The van der Waals surface area contributed by atoms with Gasteiger partial charge in [-0.3, -0.25) is 24.2 Å². The Hall–Kier alpha value is -4.70. The second-order valence-corrected chi connectivity index (χ2v) is 10.4. The van der Waals surface area contributed by atoms with E-state index in [0.29, 0.717) is 28.7 Å². The quantitative estimate of drug-likeness (QED) is 0.247. The number of aromatic nitrogens is 2. The number of carbonyl (C=O) groups is 2. The van der Waals surface area contributed by atoms with Crippen molar-refractivity contribution in [3.05, 3.63) is 94.9 Å². The van der Waals surface area contributed by atoms with Crippen molar-refractivity contribution >= 4 is 34.0 Å². The molecular weight excluding hydrogens is 546 g/mol. The summed E-state index contributed by atoms with van der Waals surface area (Å²) >= 11 is 0. The zero-order valence-electron chi connectivity index (χ0n) is 24.6. The number of amides is 1. The Bertz CT molecular complexity index is 1600. The first kappa shape index (κ1) is 29.8. The topological polar surface area (TPSA) is 97.2 Å². The molecule has 0 radical (unpaired) electrons. The summed E-state index contributed by atoms with van der Waals surface area (Å²) in [5.41, 5.74) is 1.93. The van der Waals surface area contributed by atoms with Crippen molar-refractivity contribution < 1.29 is 19.1 Å². The van der Waals surface area contributed by atoms with Gasteiger partial charge in [-0.05, 0) is 49.4 Å². The smallest absolute Gasteiger partial charge is 0.311 e. The molecule has 0 spiro atoms. The van der Waals surface area contributed by atoms with E-state index in [0.717, 1.165) is 37.6 Å². The molecule has 4 aromatic rings. The highest BCUT2D eigenvalue weighted by Gasteiger charge is 2.23. The summed E-state index contributed by atoms with van der Waals surface area (Å²) < 4.78 is 11.7. The van der Waals surface area contributed by atoms with Gasteiger partial charge in [0.25, 0.3) is 5.56 Å². The van der Waals surface area contributed by atoms with E-state index in [1.807, 2.05) is 42.5 Å². The van der Waals surface area contributed by atoms with Crippen LogP contribution in [-0.4, -0.2) is 73.0 Å². The third kappa shape index (κ3) is 7.21. The van der Waals surface area contributed by atoms with Crippen LogP contribution in [0.4, 0.5) is 11.4 Å². The Morgan fingerprint density at radius 1 is 0.884 bits per heavy atom. The molecule has 1 amide bonds. The van der Waals surface area contributed by atoms with E-state index in [4.69, 9.17) is 9.47 Å². The Labute approximate surface area is 251 Å². The maximum atomic E-state index is 13.7. The fourth-order valence-electron chi connectivity index (χ4n) is 5.34. The van der Waals surface area contributed by atoms with E-state index in [2.05, 4.69) is 27.0 Å². The average Bonchev–Trinajstić information content (AvgIpc) is 3.05. The van der Waals surface area contributed by atoms with Crippen molar-refractivity contribution in [2.75, 3.05) is 56.2 Å². The maximum Gasteiger partial charge on any atom is 0.311 e. The fraction of sp³-hybridized carbons (Fsp3) is 0.333. The summed E-state index contributed by atoms with van der Waals surface area (Å²) in [7, 11) is 1.66. The van der Waals surface area contributed by atoms with E-state index in [1.165, 1.54) is 4.68 Å². The molecule has 10 nitrogen and oxygen atoms in total. The predicted molar refractivity (Wildman–Crippen MR) is 167 cm³/mol. The number of fused-ring (bicyclic) bond motifs is 1. The van der Waals surface area contributed by atoms with Gasteiger partial charge in [-0.2, -0.15) is 5.10 Å². The molecule has 0 N–H and O–H groups in total. The highest BCUT2D eigenvalue weighted by atomic mass is 16.5. The van der Waals surface area contributed by atoms with Gasteiger partial charge in [-0.25, -0.2) is 4.68 Å². The van der Waals surface area contributed by atoms with Crippen LogP contribution in [0, 0.1) is 0 Å². The number of hydrogen-bond acceptors (Lipinski definition) is 8. The average molecular weight is 584 g/mol. The Morgan fingerprint density at radius 2 is 1.56 bits per heavy atom. The molecular formula is C33H37N5O5. The number of piperazine rings is 1. The van der Waals surface area contributed by atoms with Gasteiger partial charge >= 0.3 is 5.97 Å². The molecule has 1 fully saturated rings. The molecule has 43 heavy (non-hydrogen) atoms. The van der Waals surface area contributed by atoms with Crippen molar-refractivity contribution in [2.24, 2.45) is 0 Å². The van der Waals surface area contributed by atoms with Crippen LogP contribution in [-0.2, 0) is 27.4 Å². The molecule has 2 heterocycles.